The fourth-order valence-electron chi connectivity index (χ4n) is 2.76. The van der Waals surface area contributed by atoms with E-state index in [1.54, 1.807) is 11.3 Å². The molecule has 2 heterocycles. The molecule has 0 radical (unpaired) electrons. The van der Waals surface area contributed by atoms with E-state index in [0.717, 1.165) is 41.0 Å². The molecule has 2 aromatic rings. The first-order valence-electron chi connectivity index (χ1n) is 7.58. The Kier molecular flexibility index (Phi) is 4.51. The number of carbonyl (C=O) groups is 1. The average molecular weight is 316 g/mol. The summed E-state index contributed by atoms with van der Waals surface area (Å²) in [5.41, 5.74) is 4.69. The summed E-state index contributed by atoms with van der Waals surface area (Å²) < 4.78 is 0. The topological polar surface area (TPSA) is 17.1 Å². The maximum absolute atomic E-state index is 12.9. The number of hydrogen-bond donors (Lipinski definition) is 0. The third kappa shape index (κ3) is 2.95. The Morgan fingerprint density at radius 2 is 2.05 bits per heavy atom. The summed E-state index contributed by atoms with van der Waals surface area (Å²) in [5.74, 6) is 2.47. The SMILES string of the molecule is CCc1ccc(CC)c(C(=O)c2cc3c(s2)CCSC3)c1. The molecule has 0 N–H and O–H groups in total. The minimum Gasteiger partial charge on any atom is -0.288 e. The summed E-state index contributed by atoms with van der Waals surface area (Å²) in [5, 5.41) is 0. The molecule has 0 fully saturated rings. The summed E-state index contributed by atoms with van der Waals surface area (Å²) in [6.07, 6.45) is 3.00. The maximum Gasteiger partial charge on any atom is 0.203 e. The Labute approximate surface area is 134 Å². The fourth-order valence-corrected chi connectivity index (χ4v) is 5.08. The Balaban J connectivity index is 1.99. The molecular weight excluding hydrogens is 296 g/mol. The van der Waals surface area contributed by atoms with E-state index < -0.39 is 0 Å². The molecule has 0 aliphatic carbocycles. The summed E-state index contributed by atoms with van der Waals surface area (Å²) in [4.78, 5) is 15.3. The molecule has 0 atom stereocenters. The molecule has 0 spiro atoms. The Hall–Kier alpha value is -1.06. The quantitative estimate of drug-likeness (QED) is 0.747. The summed E-state index contributed by atoms with van der Waals surface area (Å²) in [6, 6.07) is 8.49. The zero-order valence-corrected chi connectivity index (χ0v) is 14.2. The number of carbonyl (C=O) groups excluding carboxylic acids is 1. The molecule has 1 nitrogen and oxygen atoms in total. The number of ketones is 1. The van der Waals surface area contributed by atoms with Crippen molar-refractivity contribution in [3.63, 3.8) is 0 Å². The molecule has 0 amide bonds. The second-order valence-electron chi connectivity index (χ2n) is 5.39. The van der Waals surface area contributed by atoms with Crippen molar-refractivity contribution in [1.29, 1.82) is 0 Å². The van der Waals surface area contributed by atoms with Crippen LogP contribution in [0.3, 0.4) is 0 Å². The molecule has 3 heteroatoms. The van der Waals surface area contributed by atoms with Gasteiger partial charge in [0, 0.05) is 16.2 Å². The van der Waals surface area contributed by atoms with Crippen LogP contribution in [-0.4, -0.2) is 11.5 Å². The minimum atomic E-state index is 0.214. The van der Waals surface area contributed by atoms with E-state index in [1.165, 1.54) is 21.8 Å². The molecule has 1 aromatic carbocycles. The highest BCUT2D eigenvalue weighted by Crippen LogP contribution is 2.33. The summed E-state index contributed by atoms with van der Waals surface area (Å²) in [6.45, 7) is 4.25. The lowest BCUT2D eigenvalue weighted by Gasteiger charge is -2.08. The summed E-state index contributed by atoms with van der Waals surface area (Å²) >= 11 is 3.68. The summed E-state index contributed by atoms with van der Waals surface area (Å²) in [7, 11) is 0. The highest BCUT2D eigenvalue weighted by atomic mass is 32.2. The standard InChI is InChI=1S/C18H20OS2/c1-3-12-5-6-13(4-2)15(9-12)18(19)17-10-14-11-20-8-7-16(14)21-17/h5-6,9-10H,3-4,7-8,11H2,1-2H3. The van der Waals surface area contributed by atoms with E-state index in [4.69, 9.17) is 0 Å². The van der Waals surface area contributed by atoms with Crippen molar-refractivity contribution in [1.82, 2.24) is 0 Å². The monoisotopic (exact) mass is 316 g/mol. The number of hydrogen-bond acceptors (Lipinski definition) is 3. The van der Waals surface area contributed by atoms with Gasteiger partial charge in [-0.05, 0) is 53.8 Å². The van der Waals surface area contributed by atoms with Gasteiger partial charge in [0.25, 0.3) is 0 Å². The van der Waals surface area contributed by atoms with Gasteiger partial charge in [0.1, 0.15) is 0 Å². The molecule has 1 aromatic heterocycles. The lowest BCUT2D eigenvalue weighted by atomic mass is 9.97. The van der Waals surface area contributed by atoms with Crippen LogP contribution in [0.2, 0.25) is 0 Å². The number of fused-ring (bicyclic) bond motifs is 1. The zero-order chi connectivity index (χ0) is 14.8. The van der Waals surface area contributed by atoms with E-state index in [9.17, 15) is 4.79 Å². The Morgan fingerprint density at radius 1 is 1.19 bits per heavy atom. The van der Waals surface area contributed by atoms with Crippen LogP contribution in [-0.2, 0) is 25.0 Å². The molecule has 0 saturated heterocycles. The second kappa shape index (κ2) is 6.37. The smallest absolute Gasteiger partial charge is 0.203 e. The van der Waals surface area contributed by atoms with E-state index in [0.29, 0.717) is 0 Å². The molecular formula is C18H20OS2. The first-order chi connectivity index (χ1) is 10.2. The largest absolute Gasteiger partial charge is 0.288 e. The van der Waals surface area contributed by atoms with Crippen LogP contribution in [0.25, 0.3) is 0 Å². The van der Waals surface area contributed by atoms with Crippen molar-refractivity contribution in [3.05, 3.63) is 56.3 Å². The van der Waals surface area contributed by atoms with Crippen molar-refractivity contribution < 1.29 is 4.79 Å². The minimum absolute atomic E-state index is 0.214. The zero-order valence-electron chi connectivity index (χ0n) is 12.6. The second-order valence-corrected chi connectivity index (χ2v) is 7.63. The predicted molar refractivity (Wildman–Crippen MR) is 92.8 cm³/mol. The van der Waals surface area contributed by atoms with Gasteiger partial charge in [-0.2, -0.15) is 11.8 Å². The van der Waals surface area contributed by atoms with Crippen LogP contribution in [0.1, 0.15) is 50.7 Å². The van der Waals surface area contributed by atoms with Crippen LogP contribution < -0.4 is 0 Å². The fraction of sp³-hybridized carbons (Fsp3) is 0.389. The van der Waals surface area contributed by atoms with Crippen LogP contribution in [0.4, 0.5) is 0 Å². The average Bonchev–Trinajstić information content (AvgIpc) is 2.97. The van der Waals surface area contributed by atoms with E-state index in [1.807, 2.05) is 11.8 Å². The van der Waals surface area contributed by atoms with Crippen molar-refractivity contribution in [2.75, 3.05) is 5.75 Å². The lowest BCUT2D eigenvalue weighted by molar-refractivity contribution is 0.104. The molecule has 1 aliphatic heterocycles. The van der Waals surface area contributed by atoms with Gasteiger partial charge in [0.05, 0.1) is 4.88 Å². The Morgan fingerprint density at radius 3 is 2.76 bits per heavy atom. The van der Waals surface area contributed by atoms with Gasteiger partial charge in [-0.15, -0.1) is 11.3 Å². The molecule has 1 aliphatic rings. The number of thioether (sulfide) groups is 1. The van der Waals surface area contributed by atoms with Crippen molar-refractivity contribution >= 4 is 28.9 Å². The van der Waals surface area contributed by atoms with Gasteiger partial charge in [0.15, 0.2) is 0 Å². The van der Waals surface area contributed by atoms with Crippen LogP contribution >= 0.6 is 23.1 Å². The van der Waals surface area contributed by atoms with Crippen molar-refractivity contribution in [2.24, 2.45) is 0 Å². The van der Waals surface area contributed by atoms with Crippen LogP contribution in [0.15, 0.2) is 24.3 Å². The highest BCUT2D eigenvalue weighted by Gasteiger charge is 2.20. The molecule has 21 heavy (non-hydrogen) atoms. The van der Waals surface area contributed by atoms with Gasteiger partial charge in [-0.25, -0.2) is 0 Å². The number of aryl methyl sites for hydroxylation is 3. The highest BCUT2D eigenvalue weighted by molar-refractivity contribution is 7.98. The lowest BCUT2D eigenvalue weighted by Crippen LogP contribution is -2.04. The molecule has 110 valence electrons. The number of benzene rings is 1. The van der Waals surface area contributed by atoms with Gasteiger partial charge >= 0.3 is 0 Å². The molecule has 0 unspecified atom stereocenters. The normalized spacial score (nSPS) is 14.0. The number of thiophene rings is 1. The van der Waals surface area contributed by atoms with E-state index in [-0.39, 0.29) is 5.78 Å². The third-order valence-electron chi connectivity index (χ3n) is 4.06. The molecule has 3 rings (SSSR count). The molecule has 0 saturated carbocycles. The van der Waals surface area contributed by atoms with E-state index >= 15 is 0 Å². The first kappa shape index (κ1) is 14.9. The first-order valence-corrected chi connectivity index (χ1v) is 9.55. The van der Waals surface area contributed by atoms with Gasteiger partial charge < -0.3 is 0 Å². The predicted octanol–water partition coefficient (Wildman–Crippen LogP) is 4.89. The Bertz CT molecular complexity index is 646. The number of rotatable bonds is 4. The van der Waals surface area contributed by atoms with Crippen LogP contribution in [0.5, 0.6) is 0 Å². The van der Waals surface area contributed by atoms with Gasteiger partial charge in [-0.1, -0.05) is 26.0 Å². The van der Waals surface area contributed by atoms with Crippen LogP contribution in [0, 0.1) is 0 Å². The molecule has 0 bridgehead atoms. The van der Waals surface area contributed by atoms with Crippen molar-refractivity contribution in [3.8, 4) is 0 Å². The van der Waals surface area contributed by atoms with Gasteiger partial charge in [0.2, 0.25) is 5.78 Å². The third-order valence-corrected chi connectivity index (χ3v) is 6.30. The maximum atomic E-state index is 12.9. The van der Waals surface area contributed by atoms with E-state index in [2.05, 4.69) is 38.1 Å². The van der Waals surface area contributed by atoms with Crippen molar-refractivity contribution in [2.45, 2.75) is 38.9 Å². The van der Waals surface area contributed by atoms with Gasteiger partial charge in [-0.3, -0.25) is 4.79 Å².